The third-order valence-electron chi connectivity index (χ3n) is 3.45. The van der Waals surface area contributed by atoms with Gasteiger partial charge < -0.3 is 9.29 Å². The smallest absolute Gasteiger partial charge is 0.478 e. The number of alkyl halides is 3. The van der Waals surface area contributed by atoms with Crippen molar-refractivity contribution in [3.05, 3.63) is 41.6 Å². The van der Waals surface area contributed by atoms with Gasteiger partial charge in [-0.3, -0.25) is 0 Å². The third kappa shape index (κ3) is 2.65. The summed E-state index contributed by atoms with van der Waals surface area (Å²) >= 11 is 0. The molecule has 2 aromatic heterocycles. The molecule has 3 rings (SSSR count). The summed E-state index contributed by atoms with van der Waals surface area (Å²) < 4.78 is 66.3. The molecule has 1 aromatic carbocycles. The van der Waals surface area contributed by atoms with Crippen LogP contribution in [0.25, 0.3) is 16.4 Å². The van der Waals surface area contributed by atoms with E-state index in [1.807, 2.05) is 0 Å². The lowest BCUT2D eigenvalue weighted by molar-refractivity contribution is -0.0500. The Bertz CT molecular complexity index is 1120. The molecule has 2 heterocycles. The second kappa shape index (κ2) is 5.34. The number of aromatic nitrogens is 2. The van der Waals surface area contributed by atoms with E-state index in [1.54, 1.807) is 18.2 Å². The van der Waals surface area contributed by atoms with Crippen molar-refractivity contribution in [2.24, 2.45) is 0 Å². The monoisotopic (exact) mass is 374 g/mol. The molecule has 25 heavy (non-hydrogen) atoms. The second-order valence-corrected chi connectivity index (χ2v) is 6.65. The highest BCUT2D eigenvalue weighted by Crippen LogP contribution is 2.36. The van der Waals surface area contributed by atoms with Gasteiger partial charge in [-0.2, -0.15) is 26.7 Å². The Morgan fingerprint density at radius 1 is 1.28 bits per heavy atom. The van der Waals surface area contributed by atoms with Gasteiger partial charge in [-0.1, -0.05) is 18.2 Å². The van der Waals surface area contributed by atoms with Crippen LogP contribution in [-0.4, -0.2) is 34.6 Å². The molecule has 0 saturated heterocycles. The molecule has 7 nitrogen and oxygen atoms in total. The van der Waals surface area contributed by atoms with Gasteiger partial charge in [-0.25, -0.2) is 9.31 Å². The third-order valence-corrected chi connectivity index (χ3v) is 4.40. The number of carbonyl (C=O) groups is 1. The van der Waals surface area contributed by atoms with Crippen LogP contribution in [0, 0.1) is 6.92 Å². The molecule has 0 amide bonds. The lowest BCUT2D eigenvalue weighted by Crippen LogP contribution is -2.29. The van der Waals surface area contributed by atoms with Gasteiger partial charge in [-0.05, 0) is 18.6 Å². The van der Waals surface area contributed by atoms with Crippen LogP contribution in [-0.2, 0) is 10.1 Å². The van der Waals surface area contributed by atoms with Crippen molar-refractivity contribution in [3.8, 4) is 5.75 Å². The van der Waals surface area contributed by atoms with Crippen LogP contribution in [0.2, 0.25) is 0 Å². The summed E-state index contributed by atoms with van der Waals surface area (Å²) in [5.41, 5.74) is -6.27. The van der Waals surface area contributed by atoms with E-state index >= 15 is 0 Å². The van der Waals surface area contributed by atoms with E-state index in [1.165, 1.54) is 19.2 Å². The molecule has 0 aliphatic carbocycles. The quantitative estimate of drug-likeness (QED) is 0.559. The molecule has 0 atom stereocenters. The standard InChI is InChI=1S/C14H9F3N2O5S/c1-7-6-19-11(8-4-2-3-5-9(8)18-19)12(10(7)13(20)21)24-25(22,23)14(15,16)17/h2-6H,1H3,(H,20,21). The number of pyridine rings is 1. The molecular formula is C14H9F3N2O5S. The van der Waals surface area contributed by atoms with E-state index in [0.717, 1.165) is 4.52 Å². The number of carboxylic acid groups (broad SMARTS) is 1. The first-order chi connectivity index (χ1) is 11.5. The maximum absolute atomic E-state index is 12.7. The van der Waals surface area contributed by atoms with Gasteiger partial charge >= 0.3 is 21.6 Å². The fourth-order valence-electron chi connectivity index (χ4n) is 2.42. The first-order valence-corrected chi connectivity index (χ1v) is 8.08. The predicted octanol–water partition coefficient (Wildman–Crippen LogP) is 2.72. The minimum absolute atomic E-state index is 0.0137. The van der Waals surface area contributed by atoms with Gasteiger partial charge in [0.25, 0.3) is 0 Å². The highest BCUT2D eigenvalue weighted by molar-refractivity contribution is 7.88. The van der Waals surface area contributed by atoms with E-state index in [2.05, 4.69) is 9.28 Å². The summed E-state index contributed by atoms with van der Waals surface area (Å²) in [4.78, 5) is 11.5. The zero-order chi connectivity index (χ0) is 18.6. The van der Waals surface area contributed by atoms with Crippen molar-refractivity contribution in [1.82, 2.24) is 9.61 Å². The first kappa shape index (κ1) is 17.0. The molecule has 0 saturated carbocycles. The van der Waals surface area contributed by atoms with Crippen LogP contribution >= 0.6 is 0 Å². The van der Waals surface area contributed by atoms with E-state index < -0.39 is 32.9 Å². The van der Waals surface area contributed by atoms with Gasteiger partial charge in [0, 0.05) is 11.6 Å². The van der Waals surface area contributed by atoms with Gasteiger partial charge in [0.05, 0.1) is 5.52 Å². The topological polar surface area (TPSA) is 98.0 Å². The molecule has 132 valence electrons. The number of aromatic carboxylic acids is 1. The lowest BCUT2D eigenvalue weighted by atomic mass is 10.1. The number of fused-ring (bicyclic) bond motifs is 3. The van der Waals surface area contributed by atoms with Crippen molar-refractivity contribution in [1.29, 1.82) is 0 Å². The molecule has 3 aromatic rings. The Kier molecular flexibility index (Phi) is 3.64. The number of benzene rings is 1. The Morgan fingerprint density at radius 2 is 1.92 bits per heavy atom. The Balaban J connectivity index is 2.45. The summed E-state index contributed by atoms with van der Waals surface area (Å²) in [6.45, 7) is 1.29. The second-order valence-electron chi connectivity index (χ2n) is 5.11. The number of hydrogen-bond donors (Lipinski definition) is 1. The Labute approximate surface area is 138 Å². The number of nitrogens with zero attached hydrogens (tertiary/aromatic N) is 2. The van der Waals surface area contributed by atoms with Crippen LogP contribution in [0.3, 0.4) is 0 Å². The maximum atomic E-state index is 12.7. The van der Waals surface area contributed by atoms with Crippen LogP contribution < -0.4 is 4.18 Å². The summed E-state index contributed by atoms with van der Waals surface area (Å²) in [5, 5.41) is 13.7. The van der Waals surface area contributed by atoms with Crippen LogP contribution in [0.1, 0.15) is 15.9 Å². The fraction of sp³-hybridized carbons (Fsp3) is 0.143. The number of rotatable bonds is 3. The molecule has 0 radical (unpaired) electrons. The van der Waals surface area contributed by atoms with Crippen molar-refractivity contribution < 1.29 is 35.7 Å². The molecule has 0 aliphatic rings. The predicted molar refractivity (Wildman–Crippen MR) is 80.0 cm³/mol. The normalized spacial score (nSPS) is 12.6. The van der Waals surface area contributed by atoms with Gasteiger partial charge in [-0.15, -0.1) is 0 Å². The average molecular weight is 374 g/mol. The maximum Gasteiger partial charge on any atom is 0.534 e. The molecule has 0 spiro atoms. The number of hydrogen-bond acceptors (Lipinski definition) is 5. The highest BCUT2D eigenvalue weighted by atomic mass is 32.2. The molecule has 0 fully saturated rings. The van der Waals surface area contributed by atoms with E-state index in [9.17, 15) is 31.5 Å². The number of halogens is 3. The van der Waals surface area contributed by atoms with Gasteiger partial charge in [0.15, 0.2) is 5.75 Å². The largest absolute Gasteiger partial charge is 0.534 e. The zero-order valence-electron chi connectivity index (χ0n) is 12.4. The van der Waals surface area contributed by atoms with E-state index in [-0.39, 0.29) is 16.5 Å². The molecule has 0 bridgehead atoms. The van der Waals surface area contributed by atoms with Gasteiger partial charge in [0.1, 0.15) is 11.1 Å². The Hall–Kier alpha value is -2.82. The minimum Gasteiger partial charge on any atom is -0.478 e. The number of aryl methyl sites for hydroxylation is 1. The highest BCUT2D eigenvalue weighted by Gasteiger charge is 2.49. The summed E-state index contributed by atoms with van der Waals surface area (Å²) in [7, 11) is -6.07. The van der Waals surface area contributed by atoms with Crippen molar-refractivity contribution in [3.63, 3.8) is 0 Å². The zero-order valence-corrected chi connectivity index (χ0v) is 13.2. The van der Waals surface area contributed by atoms with E-state index in [4.69, 9.17) is 0 Å². The molecule has 11 heteroatoms. The molecule has 1 N–H and O–H groups in total. The summed E-state index contributed by atoms with van der Waals surface area (Å²) in [5.74, 6) is -2.56. The van der Waals surface area contributed by atoms with Crippen LogP contribution in [0.15, 0.2) is 30.5 Å². The van der Waals surface area contributed by atoms with Crippen molar-refractivity contribution in [2.45, 2.75) is 12.4 Å². The van der Waals surface area contributed by atoms with Crippen LogP contribution in [0.4, 0.5) is 13.2 Å². The fourth-order valence-corrected chi connectivity index (χ4v) is 2.90. The molecule has 0 aliphatic heterocycles. The van der Waals surface area contributed by atoms with Crippen molar-refractivity contribution in [2.75, 3.05) is 0 Å². The molecular weight excluding hydrogens is 365 g/mol. The number of carboxylic acids is 1. The van der Waals surface area contributed by atoms with E-state index in [0.29, 0.717) is 5.52 Å². The van der Waals surface area contributed by atoms with Crippen molar-refractivity contribution >= 4 is 32.5 Å². The Morgan fingerprint density at radius 3 is 2.52 bits per heavy atom. The molecule has 0 unspecified atom stereocenters. The summed E-state index contributed by atoms with van der Waals surface area (Å²) in [6.07, 6.45) is 1.27. The summed E-state index contributed by atoms with van der Waals surface area (Å²) in [6, 6.07) is 6.17. The van der Waals surface area contributed by atoms with Gasteiger partial charge in [0.2, 0.25) is 0 Å². The lowest BCUT2D eigenvalue weighted by Gasteiger charge is -2.14. The first-order valence-electron chi connectivity index (χ1n) is 6.67. The van der Waals surface area contributed by atoms with Crippen LogP contribution in [0.5, 0.6) is 5.75 Å². The average Bonchev–Trinajstić information content (AvgIpc) is 2.82. The SMILES string of the molecule is Cc1cn2nc3ccccc3c2c(OS(=O)(=O)C(F)(F)F)c1C(=O)O. The minimum atomic E-state index is -6.07.